The molecule has 0 aliphatic carbocycles. The van der Waals surface area contributed by atoms with Crippen molar-refractivity contribution in [3.8, 4) is 0 Å². The number of methoxy groups -OCH3 is 1. The summed E-state index contributed by atoms with van der Waals surface area (Å²) < 4.78 is 15.7. The van der Waals surface area contributed by atoms with Crippen molar-refractivity contribution in [3.05, 3.63) is 23.7 Å². The Balaban J connectivity index is 2.37. The molecular weight excluding hydrogens is 182 g/mol. The molecule has 0 spiro atoms. The summed E-state index contributed by atoms with van der Waals surface area (Å²) in [6.07, 6.45) is 1.69. The Bertz CT molecular complexity index is 260. The molecule has 4 heteroatoms. The molecular formula is C10H17NO3. The molecule has 0 saturated carbocycles. The molecule has 0 amide bonds. The lowest BCUT2D eigenvalue weighted by Gasteiger charge is -2.10. The molecule has 1 aromatic rings. The van der Waals surface area contributed by atoms with Crippen LogP contribution in [0.15, 0.2) is 16.7 Å². The highest BCUT2D eigenvalue weighted by Gasteiger charge is 2.07. The van der Waals surface area contributed by atoms with E-state index in [9.17, 15) is 0 Å². The summed E-state index contributed by atoms with van der Waals surface area (Å²) in [5.41, 5.74) is 6.51. The minimum atomic E-state index is 0.0655. The average Bonchev–Trinajstić information content (AvgIpc) is 2.62. The highest BCUT2D eigenvalue weighted by Crippen LogP contribution is 2.11. The number of furan rings is 1. The molecule has 1 atom stereocenters. The quantitative estimate of drug-likeness (QED) is 0.750. The first-order chi connectivity index (χ1) is 6.77. The maximum atomic E-state index is 5.52. The second-order valence-corrected chi connectivity index (χ2v) is 3.15. The standard InChI is InChI=1S/C10H17NO3/c1-8(6-12-2)14-7-10-9(5-11)3-4-13-10/h3-4,8H,5-7,11H2,1-2H3. The van der Waals surface area contributed by atoms with Crippen molar-refractivity contribution in [2.24, 2.45) is 5.73 Å². The molecule has 0 fully saturated rings. The Morgan fingerprint density at radius 2 is 2.36 bits per heavy atom. The lowest BCUT2D eigenvalue weighted by Crippen LogP contribution is -2.15. The predicted molar refractivity (Wildman–Crippen MR) is 52.7 cm³/mol. The highest BCUT2D eigenvalue weighted by molar-refractivity contribution is 5.15. The van der Waals surface area contributed by atoms with E-state index in [1.54, 1.807) is 13.4 Å². The van der Waals surface area contributed by atoms with Gasteiger partial charge in [0.2, 0.25) is 0 Å². The zero-order chi connectivity index (χ0) is 10.4. The van der Waals surface area contributed by atoms with Gasteiger partial charge in [-0.25, -0.2) is 0 Å². The lowest BCUT2D eigenvalue weighted by molar-refractivity contribution is -0.00666. The van der Waals surface area contributed by atoms with Gasteiger partial charge in [-0.1, -0.05) is 0 Å². The van der Waals surface area contributed by atoms with Crippen molar-refractivity contribution >= 4 is 0 Å². The van der Waals surface area contributed by atoms with Gasteiger partial charge in [0.1, 0.15) is 12.4 Å². The first kappa shape index (κ1) is 11.2. The minimum Gasteiger partial charge on any atom is -0.467 e. The van der Waals surface area contributed by atoms with Gasteiger partial charge in [-0.15, -0.1) is 0 Å². The SMILES string of the molecule is COCC(C)OCc1occc1CN. The molecule has 1 rings (SSSR count). The molecule has 0 bridgehead atoms. The van der Waals surface area contributed by atoms with Gasteiger partial charge in [0.05, 0.1) is 19.0 Å². The van der Waals surface area contributed by atoms with Crippen molar-refractivity contribution in [1.29, 1.82) is 0 Å². The third-order valence-electron chi connectivity index (χ3n) is 1.96. The molecule has 0 aliphatic rings. The van der Waals surface area contributed by atoms with Gasteiger partial charge in [-0.05, 0) is 13.0 Å². The first-order valence-corrected chi connectivity index (χ1v) is 4.63. The van der Waals surface area contributed by atoms with Gasteiger partial charge in [0, 0.05) is 19.2 Å². The zero-order valence-corrected chi connectivity index (χ0v) is 8.66. The van der Waals surface area contributed by atoms with E-state index in [4.69, 9.17) is 19.6 Å². The third kappa shape index (κ3) is 3.14. The molecule has 1 aromatic heterocycles. The molecule has 0 aliphatic heterocycles. The zero-order valence-electron chi connectivity index (χ0n) is 8.66. The molecule has 0 radical (unpaired) electrons. The summed E-state index contributed by atoms with van der Waals surface area (Å²) in [5, 5.41) is 0. The Morgan fingerprint density at radius 1 is 1.57 bits per heavy atom. The van der Waals surface area contributed by atoms with Crippen molar-refractivity contribution in [2.75, 3.05) is 13.7 Å². The van der Waals surface area contributed by atoms with Crippen LogP contribution < -0.4 is 5.73 Å². The van der Waals surface area contributed by atoms with E-state index in [1.807, 2.05) is 13.0 Å². The molecule has 1 unspecified atom stereocenters. The van der Waals surface area contributed by atoms with Gasteiger partial charge in [-0.2, -0.15) is 0 Å². The summed E-state index contributed by atoms with van der Waals surface area (Å²) in [5.74, 6) is 0.801. The average molecular weight is 199 g/mol. The van der Waals surface area contributed by atoms with Crippen LogP contribution in [0.3, 0.4) is 0 Å². The van der Waals surface area contributed by atoms with Crippen LogP contribution in [0.1, 0.15) is 18.2 Å². The van der Waals surface area contributed by atoms with Crippen LogP contribution in [-0.2, 0) is 22.6 Å². The van der Waals surface area contributed by atoms with Gasteiger partial charge in [-0.3, -0.25) is 0 Å². The second kappa shape index (κ2) is 5.80. The van der Waals surface area contributed by atoms with Crippen molar-refractivity contribution < 1.29 is 13.9 Å². The number of rotatable bonds is 6. The number of nitrogens with two attached hydrogens (primary N) is 1. The molecule has 0 aromatic carbocycles. The summed E-state index contributed by atoms with van der Waals surface area (Å²) >= 11 is 0. The van der Waals surface area contributed by atoms with Crippen LogP contribution in [0.4, 0.5) is 0 Å². The molecule has 2 N–H and O–H groups in total. The Morgan fingerprint density at radius 3 is 3.00 bits per heavy atom. The van der Waals surface area contributed by atoms with Crippen molar-refractivity contribution in [2.45, 2.75) is 26.2 Å². The Hall–Kier alpha value is -0.840. The van der Waals surface area contributed by atoms with Crippen molar-refractivity contribution in [3.63, 3.8) is 0 Å². The van der Waals surface area contributed by atoms with Crippen LogP contribution in [0.25, 0.3) is 0 Å². The fourth-order valence-corrected chi connectivity index (χ4v) is 1.18. The fraction of sp³-hybridized carbons (Fsp3) is 0.600. The number of ether oxygens (including phenoxy) is 2. The minimum absolute atomic E-state index is 0.0655. The summed E-state index contributed by atoms with van der Waals surface area (Å²) in [6, 6.07) is 1.86. The smallest absolute Gasteiger partial charge is 0.133 e. The Labute approximate surface area is 84.0 Å². The fourth-order valence-electron chi connectivity index (χ4n) is 1.18. The Kier molecular flexibility index (Phi) is 4.65. The maximum absolute atomic E-state index is 5.52. The van der Waals surface area contributed by atoms with E-state index in [1.165, 1.54) is 0 Å². The topological polar surface area (TPSA) is 57.6 Å². The second-order valence-electron chi connectivity index (χ2n) is 3.15. The van der Waals surface area contributed by atoms with E-state index < -0.39 is 0 Å². The molecule has 0 saturated heterocycles. The summed E-state index contributed by atoms with van der Waals surface area (Å²) in [7, 11) is 1.65. The number of hydrogen-bond donors (Lipinski definition) is 1. The van der Waals surface area contributed by atoms with E-state index in [0.717, 1.165) is 11.3 Å². The van der Waals surface area contributed by atoms with Gasteiger partial charge in [0.15, 0.2) is 0 Å². The lowest BCUT2D eigenvalue weighted by atomic mass is 10.2. The van der Waals surface area contributed by atoms with Crippen LogP contribution in [-0.4, -0.2) is 19.8 Å². The highest BCUT2D eigenvalue weighted by atomic mass is 16.5. The van der Waals surface area contributed by atoms with Gasteiger partial charge >= 0.3 is 0 Å². The van der Waals surface area contributed by atoms with E-state index in [0.29, 0.717) is 19.8 Å². The molecule has 14 heavy (non-hydrogen) atoms. The van der Waals surface area contributed by atoms with E-state index in [-0.39, 0.29) is 6.10 Å². The van der Waals surface area contributed by atoms with E-state index in [2.05, 4.69) is 0 Å². The number of hydrogen-bond acceptors (Lipinski definition) is 4. The normalized spacial score (nSPS) is 13.1. The van der Waals surface area contributed by atoms with Crippen LogP contribution in [0.2, 0.25) is 0 Å². The molecule has 4 nitrogen and oxygen atoms in total. The van der Waals surface area contributed by atoms with E-state index >= 15 is 0 Å². The van der Waals surface area contributed by atoms with Crippen LogP contribution >= 0.6 is 0 Å². The first-order valence-electron chi connectivity index (χ1n) is 4.63. The van der Waals surface area contributed by atoms with Gasteiger partial charge < -0.3 is 19.6 Å². The van der Waals surface area contributed by atoms with Crippen molar-refractivity contribution in [1.82, 2.24) is 0 Å². The predicted octanol–water partition coefficient (Wildman–Crippen LogP) is 1.29. The van der Waals surface area contributed by atoms with Crippen LogP contribution in [0, 0.1) is 0 Å². The molecule has 80 valence electrons. The van der Waals surface area contributed by atoms with Crippen LogP contribution in [0.5, 0.6) is 0 Å². The van der Waals surface area contributed by atoms with Gasteiger partial charge in [0.25, 0.3) is 0 Å². The maximum Gasteiger partial charge on any atom is 0.133 e. The molecule has 1 heterocycles. The summed E-state index contributed by atoms with van der Waals surface area (Å²) in [4.78, 5) is 0. The largest absolute Gasteiger partial charge is 0.467 e. The summed E-state index contributed by atoms with van der Waals surface area (Å²) in [6.45, 7) is 3.46. The third-order valence-corrected chi connectivity index (χ3v) is 1.96. The monoisotopic (exact) mass is 199 g/mol.